The average molecular weight is 279 g/mol. The van der Waals surface area contributed by atoms with E-state index >= 15 is 0 Å². The molecule has 112 valence electrons. The monoisotopic (exact) mass is 279 g/mol. The van der Waals surface area contributed by atoms with Gasteiger partial charge in [0, 0.05) is 11.8 Å². The van der Waals surface area contributed by atoms with Gasteiger partial charge in [0.2, 0.25) is 0 Å². The number of aliphatic imine (C=N–C) groups is 1. The Labute approximate surface area is 121 Å². The quantitative estimate of drug-likeness (QED) is 0.642. The van der Waals surface area contributed by atoms with E-state index in [2.05, 4.69) is 10.3 Å². The molecule has 0 aliphatic carbocycles. The number of benzene rings is 1. The third-order valence-electron chi connectivity index (χ3n) is 2.27. The Balaban J connectivity index is 2.91. The number of ether oxygens (including phenoxy) is 2. The molecule has 0 amide bonds. The van der Waals surface area contributed by atoms with Crippen LogP contribution in [0.3, 0.4) is 0 Å². The Bertz CT molecular complexity index is 465. The Morgan fingerprint density at radius 3 is 2.30 bits per heavy atom. The summed E-state index contributed by atoms with van der Waals surface area (Å²) in [5.74, 6) is 1.80. The van der Waals surface area contributed by atoms with E-state index < -0.39 is 0 Å². The maximum absolute atomic E-state index is 5.88. The van der Waals surface area contributed by atoms with Crippen molar-refractivity contribution < 1.29 is 9.47 Å². The van der Waals surface area contributed by atoms with Crippen LogP contribution >= 0.6 is 0 Å². The zero-order valence-electron chi connectivity index (χ0n) is 13.0. The second kappa shape index (κ2) is 7.03. The minimum atomic E-state index is -0.217. The molecule has 0 aromatic heterocycles. The first-order chi connectivity index (χ1) is 9.35. The summed E-state index contributed by atoms with van der Waals surface area (Å²) < 4.78 is 11.1. The number of rotatable bonds is 5. The second-order valence-corrected chi connectivity index (χ2v) is 5.32. The molecular formula is C15H25N3O2. The summed E-state index contributed by atoms with van der Waals surface area (Å²) in [5, 5.41) is 3.06. The number of guanidine groups is 1. The summed E-state index contributed by atoms with van der Waals surface area (Å²) in [5.41, 5.74) is 6.48. The lowest BCUT2D eigenvalue weighted by Gasteiger charge is -2.16. The number of hydrogen-bond acceptors (Lipinski definition) is 3. The van der Waals surface area contributed by atoms with E-state index in [1.165, 1.54) is 0 Å². The standard InChI is InChI=1S/C15H25N3O2/c1-6-19-12-9-8-11(10-13(12)20-7-2)17-14(16)18-15(3,4)5/h8-10H,6-7H2,1-5H3,(H3,16,17,18). The molecule has 0 atom stereocenters. The molecular weight excluding hydrogens is 254 g/mol. The van der Waals surface area contributed by atoms with Crippen molar-refractivity contribution in [1.82, 2.24) is 0 Å². The van der Waals surface area contributed by atoms with Gasteiger partial charge < -0.3 is 20.5 Å². The van der Waals surface area contributed by atoms with Crippen LogP contribution < -0.4 is 20.5 Å². The van der Waals surface area contributed by atoms with Crippen molar-refractivity contribution in [2.45, 2.75) is 40.2 Å². The zero-order chi connectivity index (χ0) is 15.2. The summed E-state index contributed by atoms with van der Waals surface area (Å²) in [6, 6.07) is 5.61. The van der Waals surface area contributed by atoms with Crippen molar-refractivity contribution in [2.75, 3.05) is 18.5 Å². The molecule has 0 saturated carbocycles. The lowest BCUT2D eigenvalue weighted by molar-refractivity contribution is 0.288. The Morgan fingerprint density at radius 1 is 1.15 bits per heavy atom. The minimum absolute atomic E-state index is 0.217. The molecule has 0 radical (unpaired) electrons. The molecule has 0 unspecified atom stereocenters. The summed E-state index contributed by atoms with van der Waals surface area (Å²) in [6.07, 6.45) is 0. The van der Waals surface area contributed by atoms with Gasteiger partial charge in [-0.1, -0.05) is 0 Å². The van der Waals surface area contributed by atoms with Crippen LogP contribution in [0.1, 0.15) is 34.6 Å². The van der Waals surface area contributed by atoms with E-state index in [0.29, 0.717) is 24.9 Å². The molecule has 0 spiro atoms. The third-order valence-corrected chi connectivity index (χ3v) is 2.27. The van der Waals surface area contributed by atoms with Crippen LogP contribution in [0.2, 0.25) is 0 Å². The Hall–Kier alpha value is -1.91. The zero-order valence-corrected chi connectivity index (χ0v) is 13.0. The normalized spacial score (nSPS) is 12.2. The molecule has 5 heteroatoms. The first-order valence-corrected chi connectivity index (χ1v) is 6.87. The Kier molecular flexibility index (Phi) is 5.67. The van der Waals surface area contributed by atoms with Crippen LogP contribution in [0.5, 0.6) is 11.5 Å². The van der Waals surface area contributed by atoms with Crippen molar-refractivity contribution in [2.24, 2.45) is 10.7 Å². The second-order valence-electron chi connectivity index (χ2n) is 5.32. The van der Waals surface area contributed by atoms with Gasteiger partial charge in [0.15, 0.2) is 17.5 Å². The maximum Gasteiger partial charge on any atom is 0.193 e. The van der Waals surface area contributed by atoms with E-state index in [9.17, 15) is 0 Å². The Morgan fingerprint density at radius 2 is 1.75 bits per heavy atom. The van der Waals surface area contributed by atoms with E-state index in [1.807, 2.05) is 52.8 Å². The van der Waals surface area contributed by atoms with Crippen LogP contribution in [-0.2, 0) is 0 Å². The van der Waals surface area contributed by atoms with E-state index in [0.717, 1.165) is 11.4 Å². The molecule has 0 heterocycles. The van der Waals surface area contributed by atoms with Gasteiger partial charge >= 0.3 is 0 Å². The van der Waals surface area contributed by atoms with Crippen molar-refractivity contribution in [3.63, 3.8) is 0 Å². The smallest absolute Gasteiger partial charge is 0.193 e. The maximum atomic E-state index is 5.88. The topological polar surface area (TPSA) is 68.9 Å². The highest BCUT2D eigenvalue weighted by Gasteiger charge is 2.10. The van der Waals surface area contributed by atoms with Gasteiger partial charge in [0.05, 0.1) is 18.8 Å². The first-order valence-electron chi connectivity index (χ1n) is 6.87. The minimum Gasteiger partial charge on any atom is -0.490 e. The molecule has 0 aliphatic heterocycles. The van der Waals surface area contributed by atoms with Crippen molar-refractivity contribution in [1.29, 1.82) is 0 Å². The van der Waals surface area contributed by atoms with Gasteiger partial charge in [-0.05, 0) is 46.8 Å². The van der Waals surface area contributed by atoms with Gasteiger partial charge in [-0.2, -0.15) is 0 Å². The van der Waals surface area contributed by atoms with Gasteiger partial charge in [0.1, 0.15) is 0 Å². The average Bonchev–Trinajstić information content (AvgIpc) is 2.30. The predicted octanol–water partition coefficient (Wildman–Crippen LogP) is 3.01. The fraction of sp³-hybridized carbons (Fsp3) is 0.533. The molecule has 0 saturated heterocycles. The van der Waals surface area contributed by atoms with E-state index in [1.54, 1.807) is 0 Å². The number of hydrogen-bond donors (Lipinski definition) is 2. The molecule has 1 aromatic carbocycles. The van der Waals surface area contributed by atoms with Crippen LogP contribution in [0.15, 0.2) is 23.2 Å². The van der Waals surface area contributed by atoms with Crippen molar-refractivity contribution in [3.05, 3.63) is 18.2 Å². The molecule has 5 nitrogen and oxygen atoms in total. The van der Waals surface area contributed by atoms with Gasteiger partial charge in [-0.25, -0.2) is 4.99 Å². The van der Waals surface area contributed by atoms with Gasteiger partial charge in [0.25, 0.3) is 0 Å². The predicted molar refractivity (Wildman–Crippen MR) is 83.8 cm³/mol. The molecule has 20 heavy (non-hydrogen) atoms. The SMILES string of the molecule is CCOc1ccc(NC(N)=NC(C)(C)C)cc1OCC. The molecule has 3 N–H and O–H groups in total. The van der Waals surface area contributed by atoms with Gasteiger partial charge in [-0.15, -0.1) is 0 Å². The van der Waals surface area contributed by atoms with Crippen molar-refractivity contribution in [3.8, 4) is 11.5 Å². The fourth-order valence-electron chi connectivity index (χ4n) is 1.67. The highest BCUT2D eigenvalue weighted by atomic mass is 16.5. The summed E-state index contributed by atoms with van der Waals surface area (Å²) >= 11 is 0. The van der Waals surface area contributed by atoms with Crippen molar-refractivity contribution >= 4 is 11.6 Å². The highest BCUT2D eigenvalue weighted by Crippen LogP contribution is 2.30. The van der Waals surface area contributed by atoms with E-state index in [4.69, 9.17) is 15.2 Å². The van der Waals surface area contributed by atoms with Gasteiger partial charge in [-0.3, -0.25) is 0 Å². The lowest BCUT2D eigenvalue weighted by Crippen LogP contribution is -2.27. The number of nitrogens with one attached hydrogen (secondary N) is 1. The van der Waals surface area contributed by atoms with Crippen LogP contribution in [0.25, 0.3) is 0 Å². The summed E-state index contributed by atoms with van der Waals surface area (Å²) in [7, 11) is 0. The molecule has 0 fully saturated rings. The fourth-order valence-corrected chi connectivity index (χ4v) is 1.67. The largest absolute Gasteiger partial charge is 0.490 e. The number of nitrogens with zero attached hydrogens (tertiary/aromatic N) is 1. The van der Waals surface area contributed by atoms with Crippen LogP contribution in [0.4, 0.5) is 5.69 Å². The third kappa shape index (κ3) is 5.38. The molecule has 0 bridgehead atoms. The van der Waals surface area contributed by atoms with Crippen LogP contribution in [-0.4, -0.2) is 24.7 Å². The molecule has 1 aromatic rings. The first kappa shape index (κ1) is 16.1. The highest BCUT2D eigenvalue weighted by molar-refractivity contribution is 5.92. The number of anilines is 1. The van der Waals surface area contributed by atoms with E-state index in [-0.39, 0.29) is 5.54 Å². The number of nitrogens with two attached hydrogens (primary N) is 1. The molecule has 0 aliphatic rings. The van der Waals surface area contributed by atoms with Crippen LogP contribution in [0, 0.1) is 0 Å². The molecule has 1 rings (SSSR count). The summed E-state index contributed by atoms with van der Waals surface area (Å²) in [4.78, 5) is 4.35. The summed E-state index contributed by atoms with van der Waals surface area (Å²) in [6.45, 7) is 11.0. The lowest BCUT2D eigenvalue weighted by atomic mass is 10.1.